The van der Waals surface area contributed by atoms with Crippen LogP contribution in [0.4, 0.5) is 0 Å². The number of hydrogen-bond donors (Lipinski definition) is 1. The summed E-state index contributed by atoms with van der Waals surface area (Å²) in [4.78, 5) is 22.0. The number of rotatable bonds is 8. The molecule has 0 bridgehead atoms. The van der Waals surface area contributed by atoms with E-state index in [9.17, 15) is 9.59 Å². The van der Waals surface area contributed by atoms with Gasteiger partial charge in [0.1, 0.15) is 5.78 Å². The summed E-state index contributed by atoms with van der Waals surface area (Å²) in [5, 5.41) is 2.79. The van der Waals surface area contributed by atoms with Gasteiger partial charge in [-0.25, -0.2) is 0 Å². The maximum atomic E-state index is 11.3. The van der Waals surface area contributed by atoms with E-state index < -0.39 is 0 Å². The number of allylic oxidation sites excluding steroid dienone is 3. The Balaban J connectivity index is 3.76. The van der Waals surface area contributed by atoms with Crippen LogP contribution in [-0.4, -0.2) is 18.2 Å². The SMILES string of the molecule is CC(=O)CCC(=O)NC/C=C(\C)CCC=C(C)C. The van der Waals surface area contributed by atoms with Crippen LogP contribution in [-0.2, 0) is 9.59 Å². The largest absolute Gasteiger partial charge is 0.353 e. The Hall–Kier alpha value is -1.38. The standard InChI is InChI=1S/C15H25NO2/c1-12(2)6-5-7-13(3)10-11-16-15(18)9-8-14(4)17/h6,10H,5,7-9,11H2,1-4H3,(H,16,18)/b13-10+. The van der Waals surface area contributed by atoms with Gasteiger partial charge in [-0.1, -0.05) is 23.3 Å². The number of carbonyl (C=O) groups excluding carboxylic acids is 2. The first-order valence-electron chi connectivity index (χ1n) is 6.47. The lowest BCUT2D eigenvalue weighted by atomic mass is 10.1. The van der Waals surface area contributed by atoms with Crippen molar-refractivity contribution in [1.29, 1.82) is 0 Å². The maximum Gasteiger partial charge on any atom is 0.220 e. The Morgan fingerprint density at radius 2 is 1.61 bits per heavy atom. The zero-order valence-electron chi connectivity index (χ0n) is 12.0. The van der Waals surface area contributed by atoms with E-state index in [0.717, 1.165) is 12.8 Å². The van der Waals surface area contributed by atoms with Gasteiger partial charge in [-0.2, -0.15) is 0 Å². The van der Waals surface area contributed by atoms with Crippen molar-refractivity contribution >= 4 is 11.7 Å². The van der Waals surface area contributed by atoms with Crippen LogP contribution in [0.15, 0.2) is 23.3 Å². The molecule has 0 heterocycles. The normalized spacial score (nSPS) is 11.0. The Morgan fingerprint density at radius 1 is 0.944 bits per heavy atom. The summed E-state index contributed by atoms with van der Waals surface area (Å²) in [6.07, 6.45) is 6.93. The summed E-state index contributed by atoms with van der Waals surface area (Å²) in [6.45, 7) is 8.31. The topological polar surface area (TPSA) is 46.2 Å². The Labute approximate surface area is 110 Å². The van der Waals surface area contributed by atoms with Crippen molar-refractivity contribution in [1.82, 2.24) is 5.32 Å². The number of amides is 1. The van der Waals surface area contributed by atoms with Crippen LogP contribution in [0.2, 0.25) is 0 Å². The second-order valence-electron chi connectivity index (χ2n) is 4.88. The number of ketones is 1. The Bertz CT molecular complexity index is 336. The van der Waals surface area contributed by atoms with E-state index in [2.05, 4.69) is 32.2 Å². The molecule has 3 heteroatoms. The van der Waals surface area contributed by atoms with E-state index in [4.69, 9.17) is 0 Å². The molecule has 0 aromatic carbocycles. The summed E-state index contributed by atoms with van der Waals surface area (Å²) in [5.41, 5.74) is 2.61. The summed E-state index contributed by atoms with van der Waals surface area (Å²) >= 11 is 0. The number of Topliss-reactive ketones (excluding diaryl/α,β-unsaturated/α-hetero) is 1. The second-order valence-corrected chi connectivity index (χ2v) is 4.88. The first kappa shape index (κ1) is 16.6. The molecule has 0 rings (SSSR count). The minimum Gasteiger partial charge on any atom is -0.353 e. The van der Waals surface area contributed by atoms with Crippen molar-refractivity contribution in [3.63, 3.8) is 0 Å². The number of nitrogens with one attached hydrogen (secondary N) is 1. The van der Waals surface area contributed by atoms with Gasteiger partial charge in [0, 0.05) is 19.4 Å². The van der Waals surface area contributed by atoms with Crippen molar-refractivity contribution in [2.24, 2.45) is 0 Å². The Kier molecular flexibility index (Phi) is 8.89. The molecule has 0 saturated heterocycles. The summed E-state index contributed by atoms with van der Waals surface area (Å²) in [5.74, 6) is -0.00264. The van der Waals surface area contributed by atoms with Crippen molar-refractivity contribution in [3.05, 3.63) is 23.3 Å². The third-order valence-electron chi connectivity index (χ3n) is 2.55. The van der Waals surface area contributed by atoms with Gasteiger partial charge in [0.15, 0.2) is 0 Å². The third kappa shape index (κ3) is 11.1. The average Bonchev–Trinajstić information content (AvgIpc) is 2.25. The molecular weight excluding hydrogens is 226 g/mol. The van der Waals surface area contributed by atoms with Crippen LogP contribution in [0.25, 0.3) is 0 Å². The van der Waals surface area contributed by atoms with Crippen molar-refractivity contribution in [3.8, 4) is 0 Å². The summed E-state index contributed by atoms with van der Waals surface area (Å²) in [6, 6.07) is 0. The highest BCUT2D eigenvalue weighted by Gasteiger charge is 2.01. The summed E-state index contributed by atoms with van der Waals surface area (Å²) < 4.78 is 0. The third-order valence-corrected chi connectivity index (χ3v) is 2.55. The molecule has 0 aromatic rings. The molecule has 0 radical (unpaired) electrons. The maximum absolute atomic E-state index is 11.3. The molecular formula is C15H25NO2. The van der Waals surface area contributed by atoms with Crippen LogP contribution < -0.4 is 5.32 Å². The zero-order chi connectivity index (χ0) is 14.0. The molecule has 0 aromatic heterocycles. The molecule has 0 aliphatic rings. The highest BCUT2D eigenvalue weighted by molar-refractivity contribution is 5.83. The molecule has 0 aliphatic heterocycles. The molecule has 0 atom stereocenters. The van der Waals surface area contributed by atoms with E-state index in [0.29, 0.717) is 19.4 Å². The molecule has 0 unspecified atom stereocenters. The molecule has 1 amide bonds. The fourth-order valence-corrected chi connectivity index (χ4v) is 1.41. The van der Waals surface area contributed by atoms with Crippen LogP contribution >= 0.6 is 0 Å². The monoisotopic (exact) mass is 251 g/mol. The van der Waals surface area contributed by atoms with Crippen molar-refractivity contribution < 1.29 is 9.59 Å². The van der Waals surface area contributed by atoms with E-state index in [1.807, 2.05) is 6.08 Å². The average molecular weight is 251 g/mol. The summed E-state index contributed by atoms with van der Waals surface area (Å²) in [7, 11) is 0. The van der Waals surface area contributed by atoms with Crippen molar-refractivity contribution in [2.75, 3.05) is 6.54 Å². The number of carbonyl (C=O) groups is 2. The molecule has 102 valence electrons. The van der Waals surface area contributed by atoms with Gasteiger partial charge in [-0.15, -0.1) is 0 Å². The van der Waals surface area contributed by atoms with Gasteiger partial charge in [0.25, 0.3) is 0 Å². The fourth-order valence-electron chi connectivity index (χ4n) is 1.41. The van der Waals surface area contributed by atoms with E-state index >= 15 is 0 Å². The lowest BCUT2D eigenvalue weighted by Crippen LogP contribution is -2.23. The molecule has 0 saturated carbocycles. The van der Waals surface area contributed by atoms with Crippen LogP contribution in [0.5, 0.6) is 0 Å². The van der Waals surface area contributed by atoms with E-state index in [1.165, 1.54) is 18.1 Å². The van der Waals surface area contributed by atoms with Gasteiger partial charge >= 0.3 is 0 Å². The smallest absolute Gasteiger partial charge is 0.220 e. The van der Waals surface area contributed by atoms with Gasteiger partial charge < -0.3 is 10.1 Å². The second kappa shape index (κ2) is 9.63. The molecule has 0 fully saturated rings. The zero-order valence-corrected chi connectivity index (χ0v) is 12.0. The van der Waals surface area contributed by atoms with Gasteiger partial charge in [0.2, 0.25) is 5.91 Å². The molecule has 1 N–H and O–H groups in total. The first-order valence-corrected chi connectivity index (χ1v) is 6.47. The predicted molar refractivity (Wildman–Crippen MR) is 75.3 cm³/mol. The van der Waals surface area contributed by atoms with Gasteiger partial charge in [-0.3, -0.25) is 4.79 Å². The first-order chi connectivity index (χ1) is 8.41. The van der Waals surface area contributed by atoms with E-state index in [1.54, 1.807) is 0 Å². The van der Waals surface area contributed by atoms with Gasteiger partial charge in [-0.05, 0) is 40.5 Å². The van der Waals surface area contributed by atoms with Crippen molar-refractivity contribution in [2.45, 2.75) is 53.4 Å². The highest BCUT2D eigenvalue weighted by Crippen LogP contribution is 2.05. The van der Waals surface area contributed by atoms with E-state index in [-0.39, 0.29) is 11.7 Å². The minimum absolute atomic E-state index is 0.0543. The highest BCUT2D eigenvalue weighted by atomic mass is 16.2. The lowest BCUT2D eigenvalue weighted by molar-refractivity contribution is -0.124. The van der Waals surface area contributed by atoms with Crippen LogP contribution in [0, 0.1) is 0 Å². The van der Waals surface area contributed by atoms with Crippen LogP contribution in [0.1, 0.15) is 53.4 Å². The molecule has 0 aliphatic carbocycles. The molecule has 18 heavy (non-hydrogen) atoms. The van der Waals surface area contributed by atoms with Crippen LogP contribution in [0.3, 0.4) is 0 Å². The predicted octanol–water partition coefficient (Wildman–Crippen LogP) is 3.16. The van der Waals surface area contributed by atoms with Gasteiger partial charge in [0.05, 0.1) is 0 Å². The number of hydrogen-bond acceptors (Lipinski definition) is 2. The fraction of sp³-hybridized carbons (Fsp3) is 0.600. The molecule has 3 nitrogen and oxygen atoms in total. The minimum atomic E-state index is -0.0569. The molecule has 0 spiro atoms. The lowest BCUT2D eigenvalue weighted by Gasteiger charge is -2.02. The quantitative estimate of drug-likeness (QED) is 0.673. The Morgan fingerprint density at radius 3 is 2.17 bits per heavy atom.